The summed E-state index contributed by atoms with van der Waals surface area (Å²) in [4.78, 5) is 26.2. The first-order valence-electron chi connectivity index (χ1n) is 11.6. The zero-order valence-corrected chi connectivity index (χ0v) is 19.3. The Kier molecular flexibility index (Phi) is 6.10. The molecular formula is C27H27N5O3. The first kappa shape index (κ1) is 22.5. The van der Waals surface area contributed by atoms with Crippen LogP contribution >= 0.6 is 0 Å². The van der Waals surface area contributed by atoms with Gasteiger partial charge in [0.15, 0.2) is 0 Å². The number of nitrogens with two attached hydrogens (primary N) is 1. The minimum Gasteiger partial charge on any atom is -0.457 e. The van der Waals surface area contributed by atoms with E-state index >= 15 is 0 Å². The van der Waals surface area contributed by atoms with Crippen molar-refractivity contribution in [3.8, 4) is 22.8 Å². The summed E-state index contributed by atoms with van der Waals surface area (Å²) < 4.78 is 7.77. The lowest BCUT2D eigenvalue weighted by Crippen LogP contribution is -2.36. The van der Waals surface area contributed by atoms with Crippen molar-refractivity contribution in [1.29, 1.82) is 0 Å². The van der Waals surface area contributed by atoms with Crippen molar-refractivity contribution in [2.24, 2.45) is 5.73 Å². The molecule has 0 aliphatic carbocycles. The Morgan fingerprint density at radius 2 is 1.86 bits per heavy atom. The fraction of sp³-hybridized carbons (Fsp3) is 0.222. The summed E-state index contributed by atoms with van der Waals surface area (Å²) in [6.45, 7) is 5.45. The van der Waals surface area contributed by atoms with Crippen LogP contribution in [-0.2, 0) is 4.79 Å². The van der Waals surface area contributed by atoms with Gasteiger partial charge in [0.05, 0.1) is 6.04 Å². The van der Waals surface area contributed by atoms with Crippen molar-refractivity contribution < 1.29 is 14.3 Å². The average Bonchev–Trinajstić information content (AvgIpc) is 3.29. The summed E-state index contributed by atoms with van der Waals surface area (Å²) in [7, 11) is 0. The Labute approximate surface area is 203 Å². The van der Waals surface area contributed by atoms with E-state index in [0.717, 1.165) is 24.2 Å². The highest BCUT2D eigenvalue weighted by Crippen LogP contribution is 2.38. The predicted octanol–water partition coefficient (Wildman–Crippen LogP) is 4.14. The van der Waals surface area contributed by atoms with Gasteiger partial charge in [0.1, 0.15) is 28.6 Å². The molecule has 0 fully saturated rings. The van der Waals surface area contributed by atoms with Gasteiger partial charge >= 0.3 is 0 Å². The van der Waals surface area contributed by atoms with Crippen LogP contribution in [0.25, 0.3) is 11.3 Å². The molecule has 3 heterocycles. The number of nitrogens with one attached hydrogen (secondary N) is 1. The Balaban J connectivity index is 1.45. The number of hydrogen-bond acceptors (Lipinski definition) is 5. The Hall–Kier alpha value is -4.33. The van der Waals surface area contributed by atoms with Crippen LogP contribution in [0.3, 0.4) is 0 Å². The van der Waals surface area contributed by atoms with Crippen LogP contribution in [0.4, 0.5) is 5.82 Å². The lowest BCUT2D eigenvalue weighted by atomic mass is 9.96. The quantitative estimate of drug-likeness (QED) is 0.417. The molecule has 0 saturated carbocycles. The summed E-state index contributed by atoms with van der Waals surface area (Å²) in [6.07, 6.45) is 5.01. The van der Waals surface area contributed by atoms with E-state index in [4.69, 9.17) is 15.6 Å². The number of anilines is 1. The van der Waals surface area contributed by atoms with Gasteiger partial charge in [0, 0.05) is 25.2 Å². The lowest BCUT2D eigenvalue weighted by Gasteiger charge is -2.32. The first-order chi connectivity index (χ1) is 17.0. The normalized spacial score (nSPS) is 17.1. The smallest absolute Gasteiger partial charge is 0.254 e. The molecule has 8 heteroatoms. The standard InChI is InChI=1S/C27H27N5O3/c1-2-23(33)31-16-13-18(14-17-31)22-12-15-29-27-24(26(28)34)25(30-32(22)27)19-8-10-21(11-9-19)35-20-6-4-3-5-7-20/h2-11,13,22,29H,1,12,14-17H2,(H2,28,34)/t22-/m0/s1. The second-order valence-electron chi connectivity index (χ2n) is 8.57. The third kappa shape index (κ3) is 4.42. The van der Waals surface area contributed by atoms with Crippen LogP contribution in [0.1, 0.15) is 29.2 Å². The minimum absolute atomic E-state index is 0.000213. The number of hydrogen-bond donors (Lipinski definition) is 2. The molecule has 35 heavy (non-hydrogen) atoms. The van der Waals surface area contributed by atoms with Gasteiger partial charge < -0.3 is 20.7 Å². The average molecular weight is 470 g/mol. The first-order valence-corrected chi connectivity index (χ1v) is 11.6. The van der Waals surface area contributed by atoms with Crippen LogP contribution < -0.4 is 15.8 Å². The van der Waals surface area contributed by atoms with E-state index in [0.29, 0.717) is 42.5 Å². The number of rotatable bonds is 6. The molecule has 1 atom stereocenters. The topological polar surface area (TPSA) is 102 Å². The third-order valence-electron chi connectivity index (χ3n) is 6.43. The van der Waals surface area contributed by atoms with E-state index in [1.807, 2.05) is 59.3 Å². The van der Waals surface area contributed by atoms with Gasteiger partial charge in [-0.1, -0.05) is 30.9 Å². The highest BCUT2D eigenvalue weighted by atomic mass is 16.5. The van der Waals surface area contributed by atoms with Gasteiger partial charge in [-0.3, -0.25) is 9.59 Å². The van der Waals surface area contributed by atoms with E-state index in [1.54, 1.807) is 4.90 Å². The Morgan fingerprint density at radius 3 is 2.51 bits per heavy atom. The van der Waals surface area contributed by atoms with Crippen molar-refractivity contribution in [1.82, 2.24) is 14.7 Å². The number of para-hydroxylation sites is 1. The summed E-state index contributed by atoms with van der Waals surface area (Å²) >= 11 is 0. The molecule has 0 bridgehead atoms. The molecule has 0 spiro atoms. The molecule has 2 aromatic carbocycles. The molecule has 1 aromatic heterocycles. The second-order valence-corrected chi connectivity index (χ2v) is 8.57. The minimum atomic E-state index is -0.528. The summed E-state index contributed by atoms with van der Waals surface area (Å²) in [6, 6.07) is 17.0. The van der Waals surface area contributed by atoms with Crippen molar-refractivity contribution in [3.63, 3.8) is 0 Å². The maximum atomic E-state index is 12.5. The molecule has 0 unspecified atom stereocenters. The summed E-state index contributed by atoms with van der Waals surface area (Å²) in [5.41, 5.74) is 8.72. The number of ether oxygens (including phenoxy) is 1. The van der Waals surface area contributed by atoms with Crippen LogP contribution in [0.15, 0.2) is 78.9 Å². The molecule has 0 radical (unpaired) electrons. The van der Waals surface area contributed by atoms with Crippen LogP contribution in [0, 0.1) is 0 Å². The number of carbonyl (C=O) groups excluding carboxylic acids is 2. The Bertz CT molecular complexity index is 1290. The molecule has 2 aliphatic heterocycles. The number of primary amides is 1. The van der Waals surface area contributed by atoms with E-state index < -0.39 is 5.91 Å². The molecule has 2 aliphatic rings. The monoisotopic (exact) mass is 469 g/mol. The largest absolute Gasteiger partial charge is 0.457 e. The number of aromatic nitrogens is 2. The molecule has 3 N–H and O–H groups in total. The van der Waals surface area contributed by atoms with E-state index in [2.05, 4.69) is 18.0 Å². The second kappa shape index (κ2) is 9.50. The number of benzene rings is 2. The fourth-order valence-corrected chi connectivity index (χ4v) is 4.68. The molecule has 178 valence electrons. The van der Waals surface area contributed by atoms with Crippen molar-refractivity contribution in [2.75, 3.05) is 25.0 Å². The molecular weight excluding hydrogens is 442 g/mol. The van der Waals surface area contributed by atoms with E-state index in [9.17, 15) is 9.59 Å². The van der Waals surface area contributed by atoms with Gasteiger partial charge in [-0.05, 0) is 60.9 Å². The van der Waals surface area contributed by atoms with E-state index in [1.165, 1.54) is 11.6 Å². The number of carbonyl (C=O) groups is 2. The highest BCUT2D eigenvalue weighted by molar-refractivity contribution is 6.04. The molecule has 2 amide bonds. The predicted molar refractivity (Wildman–Crippen MR) is 134 cm³/mol. The molecule has 3 aromatic rings. The highest BCUT2D eigenvalue weighted by Gasteiger charge is 2.32. The van der Waals surface area contributed by atoms with Gasteiger partial charge in [-0.2, -0.15) is 5.10 Å². The molecule has 8 nitrogen and oxygen atoms in total. The molecule has 5 rings (SSSR count). The van der Waals surface area contributed by atoms with Gasteiger partial charge in [0.25, 0.3) is 5.91 Å². The van der Waals surface area contributed by atoms with Gasteiger partial charge in [-0.25, -0.2) is 4.68 Å². The molecule has 0 saturated heterocycles. The fourth-order valence-electron chi connectivity index (χ4n) is 4.68. The summed E-state index contributed by atoms with van der Waals surface area (Å²) in [5.74, 6) is 1.48. The lowest BCUT2D eigenvalue weighted by molar-refractivity contribution is -0.125. The Morgan fingerprint density at radius 1 is 1.11 bits per heavy atom. The van der Waals surface area contributed by atoms with Crippen LogP contribution in [0.5, 0.6) is 11.5 Å². The maximum Gasteiger partial charge on any atom is 0.254 e. The third-order valence-corrected chi connectivity index (χ3v) is 6.43. The number of amides is 2. The van der Waals surface area contributed by atoms with Crippen molar-refractivity contribution >= 4 is 17.6 Å². The van der Waals surface area contributed by atoms with Gasteiger partial charge in [0.2, 0.25) is 5.91 Å². The van der Waals surface area contributed by atoms with Crippen molar-refractivity contribution in [3.05, 3.63) is 84.5 Å². The number of fused-ring (bicyclic) bond motifs is 1. The van der Waals surface area contributed by atoms with Gasteiger partial charge in [-0.15, -0.1) is 0 Å². The summed E-state index contributed by atoms with van der Waals surface area (Å²) in [5, 5.41) is 8.18. The number of nitrogens with zero attached hydrogens (tertiary/aromatic N) is 3. The maximum absolute atomic E-state index is 12.5. The van der Waals surface area contributed by atoms with Crippen molar-refractivity contribution in [2.45, 2.75) is 18.9 Å². The zero-order valence-electron chi connectivity index (χ0n) is 19.3. The zero-order chi connectivity index (χ0) is 24.4. The van der Waals surface area contributed by atoms with Crippen LogP contribution in [-0.4, -0.2) is 46.1 Å². The van der Waals surface area contributed by atoms with Crippen LogP contribution in [0.2, 0.25) is 0 Å². The van der Waals surface area contributed by atoms with E-state index in [-0.39, 0.29) is 11.9 Å². The SMILES string of the molecule is C=CC(=O)N1CC=C([C@@H]2CCNc3c(C(N)=O)c(-c4ccc(Oc5ccccc5)cc4)nn32)CC1.